The Bertz CT molecular complexity index is 1090. The lowest BCUT2D eigenvalue weighted by Gasteiger charge is -2.20. The Morgan fingerprint density at radius 2 is 1.86 bits per heavy atom. The molecule has 1 aliphatic heterocycles. The fourth-order valence-electron chi connectivity index (χ4n) is 3.42. The average molecular weight is 422 g/mol. The number of halogens is 2. The van der Waals surface area contributed by atoms with Crippen LogP contribution in [0.5, 0.6) is 0 Å². The van der Waals surface area contributed by atoms with E-state index in [9.17, 15) is 26.8 Å². The van der Waals surface area contributed by atoms with Gasteiger partial charge in [0.1, 0.15) is 0 Å². The van der Waals surface area contributed by atoms with Crippen LogP contribution >= 0.6 is 0 Å². The summed E-state index contributed by atoms with van der Waals surface area (Å²) in [6, 6.07) is 7.40. The van der Waals surface area contributed by atoms with E-state index in [2.05, 4.69) is 5.32 Å². The first-order valence-electron chi connectivity index (χ1n) is 8.99. The first-order valence-corrected chi connectivity index (χ1v) is 10.6. The second-order valence-electron chi connectivity index (χ2n) is 6.98. The van der Waals surface area contributed by atoms with Crippen LogP contribution in [0.2, 0.25) is 0 Å². The first-order chi connectivity index (χ1) is 13.6. The zero-order valence-corrected chi connectivity index (χ0v) is 16.7. The summed E-state index contributed by atoms with van der Waals surface area (Å²) in [5.74, 6) is -3.33. The van der Waals surface area contributed by atoms with Gasteiger partial charge in [-0.2, -0.15) is 0 Å². The molecule has 6 nitrogen and oxygen atoms in total. The summed E-state index contributed by atoms with van der Waals surface area (Å²) in [5.41, 5.74) is 1.50. The van der Waals surface area contributed by atoms with Gasteiger partial charge in [0, 0.05) is 36.8 Å². The molecule has 0 bridgehead atoms. The molecule has 2 amide bonds. The molecular weight excluding hydrogens is 402 g/mol. The van der Waals surface area contributed by atoms with E-state index in [0.29, 0.717) is 12.1 Å². The van der Waals surface area contributed by atoms with Gasteiger partial charge in [-0.05, 0) is 49.2 Å². The highest BCUT2D eigenvalue weighted by Crippen LogP contribution is 2.34. The van der Waals surface area contributed by atoms with Crippen molar-refractivity contribution in [3.05, 3.63) is 53.6 Å². The number of amides is 2. The van der Waals surface area contributed by atoms with Crippen LogP contribution in [-0.2, 0) is 25.8 Å². The lowest BCUT2D eigenvalue weighted by atomic mass is 10.1. The lowest BCUT2D eigenvalue weighted by molar-refractivity contribution is -0.117. The highest BCUT2D eigenvalue weighted by molar-refractivity contribution is 7.91. The molecule has 0 spiro atoms. The summed E-state index contributed by atoms with van der Waals surface area (Å²) in [4.78, 5) is 25.5. The van der Waals surface area contributed by atoms with Crippen LogP contribution in [0.25, 0.3) is 0 Å². The van der Waals surface area contributed by atoms with Crippen molar-refractivity contribution in [2.24, 2.45) is 0 Å². The third-order valence-electron chi connectivity index (χ3n) is 4.77. The Morgan fingerprint density at radius 3 is 2.52 bits per heavy atom. The zero-order chi connectivity index (χ0) is 21.3. The van der Waals surface area contributed by atoms with Crippen molar-refractivity contribution in [3.8, 4) is 0 Å². The Kier molecular flexibility index (Phi) is 5.70. The number of benzene rings is 2. The average Bonchev–Trinajstić information content (AvgIpc) is 2.98. The van der Waals surface area contributed by atoms with Gasteiger partial charge in [-0.15, -0.1) is 0 Å². The summed E-state index contributed by atoms with van der Waals surface area (Å²) < 4.78 is 51.3. The normalized spacial score (nSPS) is 15.9. The van der Waals surface area contributed by atoms with Crippen LogP contribution < -0.4 is 10.2 Å². The molecule has 0 aliphatic carbocycles. The third kappa shape index (κ3) is 4.45. The smallest absolute Gasteiger partial charge is 0.225 e. The van der Waals surface area contributed by atoms with Crippen LogP contribution in [0.15, 0.2) is 41.3 Å². The third-order valence-corrected chi connectivity index (χ3v) is 6.48. The van der Waals surface area contributed by atoms with E-state index in [-0.39, 0.29) is 29.0 Å². The van der Waals surface area contributed by atoms with Gasteiger partial charge in [0.25, 0.3) is 0 Å². The molecule has 9 heteroatoms. The maximum absolute atomic E-state index is 13.2. The van der Waals surface area contributed by atoms with E-state index in [1.165, 1.54) is 25.1 Å². The molecule has 2 aromatic rings. The van der Waals surface area contributed by atoms with Gasteiger partial charge in [-0.3, -0.25) is 9.59 Å². The van der Waals surface area contributed by atoms with E-state index in [4.69, 9.17) is 0 Å². The number of carbonyl (C=O) groups excluding carboxylic acids is 2. The summed E-state index contributed by atoms with van der Waals surface area (Å²) in [6.07, 6.45) is 0.212. The largest absolute Gasteiger partial charge is 0.326 e. The second kappa shape index (κ2) is 7.90. The Hall–Kier alpha value is -2.81. The van der Waals surface area contributed by atoms with Crippen molar-refractivity contribution < 1.29 is 26.8 Å². The Balaban J connectivity index is 1.68. The SMILES string of the molecule is CC(=O)N1c2ccc(S(=O)(=O)CCC(=O)Nc3ccc(F)c(F)c3)cc2CC1C. The maximum Gasteiger partial charge on any atom is 0.225 e. The zero-order valence-electron chi connectivity index (χ0n) is 15.9. The maximum atomic E-state index is 13.2. The molecule has 3 rings (SSSR count). The predicted octanol–water partition coefficient (Wildman–Crippen LogP) is 3.06. The van der Waals surface area contributed by atoms with Gasteiger partial charge in [-0.25, -0.2) is 17.2 Å². The molecule has 1 heterocycles. The predicted molar refractivity (Wildman–Crippen MR) is 104 cm³/mol. The van der Waals surface area contributed by atoms with Gasteiger partial charge in [0.15, 0.2) is 21.5 Å². The van der Waals surface area contributed by atoms with E-state index < -0.39 is 33.1 Å². The number of hydrogen-bond donors (Lipinski definition) is 1. The summed E-state index contributed by atoms with van der Waals surface area (Å²) in [7, 11) is -3.74. The topological polar surface area (TPSA) is 83.6 Å². The van der Waals surface area contributed by atoms with E-state index in [0.717, 1.165) is 17.7 Å². The fourth-order valence-corrected chi connectivity index (χ4v) is 4.71. The molecule has 1 aliphatic rings. The number of rotatable bonds is 5. The van der Waals surface area contributed by atoms with Crippen LogP contribution in [0.1, 0.15) is 25.8 Å². The molecule has 154 valence electrons. The number of nitrogens with zero attached hydrogens (tertiary/aromatic N) is 1. The summed E-state index contributed by atoms with van der Waals surface area (Å²) in [6.45, 7) is 3.35. The first kappa shape index (κ1) is 20.9. The molecule has 1 atom stereocenters. The van der Waals surface area contributed by atoms with E-state index in [1.54, 1.807) is 11.0 Å². The highest BCUT2D eigenvalue weighted by atomic mass is 32.2. The van der Waals surface area contributed by atoms with E-state index in [1.807, 2.05) is 6.92 Å². The van der Waals surface area contributed by atoms with Crippen molar-refractivity contribution in [1.29, 1.82) is 0 Å². The molecule has 1 unspecified atom stereocenters. The minimum absolute atomic E-state index is 0.0436. The molecular formula is C20H20F2N2O4S. The molecule has 0 aromatic heterocycles. The standard InChI is InChI=1S/C20H20F2N2O4S/c1-12-9-14-10-16(4-6-19(14)24(12)13(2)25)29(27,28)8-7-20(26)23-15-3-5-17(21)18(22)11-15/h3-6,10-12H,7-9H2,1-2H3,(H,23,26). The summed E-state index contributed by atoms with van der Waals surface area (Å²) in [5, 5.41) is 2.35. The molecule has 0 saturated heterocycles. The molecule has 0 radical (unpaired) electrons. The quantitative estimate of drug-likeness (QED) is 0.803. The summed E-state index contributed by atoms with van der Waals surface area (Å²) >= 11 is 0. The highest BCUT2D eigenvalue weighted by Gasteiger charge is 2.30. The molecule has 0 fully saturated rings. The van der Waals surface area contributed by atoms with Crippen LogP contribution in [0.3, 0.4) is 0 Å². The molecule has 29 heavy (non-hydrogen) atoms. The van der Waals surface area contributed by atoms with Gasteiger partial charge >= 0.3 is 0 Å². The number of anilines is 2. The fraction of sp³-hybridized carbons (Fsp3) is 0.300. The van der Waals surface area contributed by atoms with Crippen molar-refractivity contribution in [3.63, 3.8) is 0 Å². The van der Waals surface area contributed by atoms with Gasteiger partial charge in [0.05, 0.1) is 10.6 Å². The molecule has 2 aromatic carbocycles. The van der Waals surface area contributed by atoms with Crippen molar-refractivity contribution in [2.45, 2.75) is 37.6 Å². The van der Waals surface area contributed by atoms with Crippen LogP contribution in [0, 0.1) is 11.6 Å². The van der Waals surface area contributed by atoms with Crippen molar-refractivity contribution in [2.75, 3.05) is 16.0 Å². The number of carbonyl (C=O) groups is 2. The van der Waals surface area contributed by atoms with E-state index >= 15 is 0 Å². The molecule has 0 saturated carbocycles. The molecule has 1 N–H and O–H groups in total. The van der Waals surface area contributed by atoms with Gasteiger partial charge in [-0.1, -0.05) is 0 Å². The van der Waals surface area contributed by atoms with Crippen LogP contribution in [0.4, 0.5) is 20.2 Å². The monoisotopic (exact) mass is 422 g/mol. The Morgan fingerprint density at radius 1 is 1.14 bits per heavy atom. The van der Waals surface area contributed by atoms with Gasteiger partial charge < -0.3 is 10.2 Å². The Labute approximate surface area is 167 Å². The second-order valence-corrected chi connectivity index (χ2v) is 9.09. The minimum atomic E-state index is -3.74. The minimum Gasteiger partial charge on any atom is -0.326 e. The number of fused-ring (bicyclic) bond motifs is 1. The van der Waals surface area contributed by atoms with Gasteiger partial charge in [0.2, 0.25) is 11.8 Å². The number of hydrogen-bond acceptors (Lipinski definition) is 4. The van der Waals surface area contributed by atoms with Crippen molar-refractivity contribution >= 4 is 33.0 Å². The number of nitrogens with one attached hydrogen (secondary N) is 1. The lowest BCUT2D eigenvalue weighted by Crippen LogP contribution is -2.33. The van der Waals surface area contributed by atoms with Crippen LogP contribution in [-0.4, -0.2) is 32.0 Å². The number of sulfone groups is 1. The van der Waals surface area contributed by atoms with Crippen molar-refractivity contribution in [1.82, 2.24) is 0 Å².